The van der Waals surface area contributed by atoms with Crippen LogP contribution in [0.5, 0.6) is 0 Å². The molecule has 0 atom stereocenters. The standard InChI is InChI=1S/C18H21N3O4S/c1-13-3-5-14(6-4-13)7-8-16(22)21-11-9-15(10-12-21)17-19-20-18(25-17)26(2,23)24/h3-8,15H,9-12H2,1-2H3/b8-7+. The van der Waals surface area contributed by atoms with Gasteiger partial charge in [0.25, 0.3) is 0 Å². The number of carbonyl (C=O) groups is 1. The zero-order valence-corrected chi connectivity index (χ0v) is 15.6. The molecule has 0 bridgehead atoms. The minimum atomic E-state index is -3.50. The maximum Gasteiger partial charge on any atom is 0.335 e. The van der Waals surface area contributed by atoms with E-state index in [2.05, 4.69) is 10.2 Å². The molecular weight excluding hydrogens is 354 g/mol. The van der Waals surface area contributed by atoms with Gasteiger partial charge in [-0.2, -0.15) is 0 Å². The molecule has 1 aliphatic rings. The predicted molar refractivity (Wildman–Crippen MR) is 96.2 cm³/mol. The number of sulfone groups is 1. The predicted octanol–water partition coefficient (Wildman–Crippen LogP) is 2.20. The van der Waals surface area contributed by atoms with E-state index in [0.29, 0.717) is 31.8 Å². The van der Waals surface area contributed by atoms with Gasteiger partial charge in [0.15, 0.2) is 0 Å². The van der Waals surface area contributed by atoms with Crippen molar-refractivity contribution in [2.45, 2.75) is 30.9 Å². The molecule has 8 heteroatoms. The van der Waals surface area contributed by atoms with Crippen molar-refractivity contribution >= 4 is 21.8 Å². The minimum Gasteiger partial charge on any atom is -0.412 e. The summed E-state index contributed by atoms with van der Waals surface area (Å²) in [6.45, 7) is 3.15. The van der Waals surface area contributed by atoms with Crippen LogP contribution in [0.15, 0.2) is 40.0 Å². The van der Waals surface area contributed by atoms with Crippen LogP contribution in [0.25, 0.3) is 6.08 Å². The average molecular weight is 375 g/mol. The summed E-state index contributed by atoms with van der Waals surface area (Å²) in [6.07, 6.45) is 5.75. The molecule has 1 aromatic heterocycles. The van der Waals surface area contributed by atoms with Crippen LogP contribution in [-0.4, -0.2) is 48.8 Å². The van der Waals surface area contributed by atoms with E-state index in [1.54, 1.807) is 11.0 Å². The number of amides is 1. The second-order valence-corrected chi connectivity index (χ2v) is 8.42. The zero-order chi connectivity index (χ0) is 18.7. The van der Waals surface area contributed by atoms with E-state index in [-0.39, 0.29) is 17.0 Å². The fraction of sp³-hybridized carbons (Fsp3) is 0.389. The van der Waals surface area contributed by atoms with Crippen LogP contribution in [0.4, 0.5) is 0 Å². The summed E-state index contributed by atoms with van der Waals surface area (Å²) in [5.41, 5.74) is 2.16. The second kappa shape index (κ2) is 7.41. The molecule has 1 aliphatic heterocycles. The lowest BCUT2D eigenvalue weighted by atomic mass is 9.97. The number of likely N-dealkylation sites (tertiary alicyclic amines) is 1. The monoisotopic (exact) mass is 375 g/mol. The highest BCUT2D eigenvalue weighted by Gasteiger charge is 2.28. The number of hydrogen-bond acceptors (Lipinski definition) is 6. The van der Waals surface area contributed by atoms with E-state index >= 15 is 0 Å². The van der Waals surface area contributed by atoms with Gasteiger partial charge in [0.2, 0.25) is 21.6 Å². The lowest BCUT2D eigenvalue weighted by Gasteiger charge is -2.29. The van der Waals surface area contributed by atoms with Crippen LogP contribution in [-0.2, 0) is 14.6 Å². The van der Waals surface area contributed by atoms with Gasteiger partial charge in [-0.1, -0.05) is 34.9 Å². The Labute approximate surface area is 152 Å². The summed E-state index contributed by atoms with van der Waals surface area (Å²) in [4.78, 5) is 14.1. The molecule has 7 nitrogen and oxygen atoms in total. The molecule has 0 N–H and O–H groups in total. The van der Waals surface area contributed by atoms with Crippen LogP contribution >= 0.6 is 0 Å². The number of rotatable bonds is 4. The Balaban J connectivity index is 1.57. The second-order valence-electron chi connectivity index (χ2n) is 6.52. The van der Waals surface area contributed by atoms with Crippen molar-refractivity contribution in [1.29, 1.82) is 0 Å². The fourth-order valence-electron chi connectivity index (χ4n) is 2.83. The van der Waals surface area contributed by atoms with Crippen molar-refractivity contribution in [1.82, 2.24) is 15.1 Å². The number of piperidine rings is 1. The molecule has 1 fully saturated rings. The van der Waals surface area contributed by atoms with Crippen molar-refractivity contribution in [3.8, 4) is 0 Å². The quantitative estimate of drug-likeness (QED) is 0.761. The van der Waals surface area contributed by atoms with Crippen LogP contribution < -0.4 is 0 Å². The maximum atomic E-state index is 12.3. The number of aromatic nitrogens is 2. The van der Waals surface area contributed by atoms with Gasteiger partial charge in [-0.3, -0.25) is 4.79 Å². The summed E-state index contributed by atoms with van der Waals surface area (Å²) in [5, 5.41) is 7.08. The van der Waals surface area contributed by atoms with Crippen molar-refractivity contribution in [3.63, 3.8) is 0 Å². The summed E-state index contributed by atoms with van der Waals surface area (Å²) < 4.78 is 28.1. The van der Waals surface area contributed by atoms with Crippen LogP contribution in [0.1, 0.15) is 35.8 Å². The average Bonchev–Trinajstić information content (AvgIpc) is 3.12. The first-order chi connectivity index (χ1) is 12.3. The van der Waals surface area contributed by atoms with Crippen molar-refractivity contribution in [3.05, 3.63) is 47.4 Å². The Bertz CT molecular complexity index is 908. The summed E-state index contributed by atoms with van der Waals surface area (Å²) in [6, 6.07) is 7.95. The summed E-state index contributed by atoms with van der Waals surface area (Å²) >= 11 is 0. The van der Waals surface area contributed by atoms with E-state index in [1.165, 1.54) is 5.56 Å². The molecule has 2 aromatic rings. The molecular formula is C18H21N3O4S. The lowest BCUT2D eigenvalue weighted by Crippen LogP contribution is -2.36. The highest BCUT2D eigenvalue weighted by Crippen LogP contribution is 2.28. The number of carbonyl (C=O) groups excluding carboxylic acids is 1. The molecule has 0 unspecified atom stereocenters. The smallest absolute Gasteiger partial charge is 0.335 e. The molecule has 1 aromatic carbocycles. The molecule has 3 rings (SSSR count). The Kier molecular flexibility index (Phi) is 5.22. The van der Waals surface area contributed by atoms with Gasteiger partial charge >= 0.3 is 5.22 Å². The topological polar surface area (TPSA) is 93.4 Å². The van der Waals surface area contributed by atoms with Gasteiger partial charge < -0.3 is 9.32 Å². The van der Waals surface area contributed by atoms with Gasteiger partial charge in [-0.05, 0) is 31.4 Å². The lowest BCUT2D eigenvalue weighted by molar-refractivity contribution is -0.127. The largest absolute Gasteiger partial charge is 0.412 e. The highest BCUT2D eigenvalue weighted by molar-refractivity contribution is 7.90. The van der Waals surface area contributed by atoms with Gasteiger partial charge in [-0.25, -0.2) is 8.42 Å². The highest BCUT2D eigenvalue weighted by atomic mass is 32.2. The molecule has 0 radical (unpaired) electrons. The molecule has 2 heterocycles. The third-order valence-corrected chi connectivity index (χ3v) is 5.19. The molecule has 138 valence electrons. The van der Waals surface area contributed by atoms with Gasteiger partial charge in [0, 0.05) is 31.3 Å². The van der Waals surface area contributed by atoms with Crippen molar-refractivity contribution in [2.75, 3.05) is 19.3 Å². The van der Waals surface area contributed by atoms with Crippen molar-refractivity contribution in [2.24, 2.45) is 0 Å². The first-order valence-electron chi connectivity index (χ1n) is 8.40. The Morgan fingerprint density at radius 2 is 1.85 bits per heavy atom. The number of benzene rings is 1. The van der Waals surface area contributed by atoms with Crippen LogP contribution in [0, 0.1) is 6.92 Å². The first kappa shape index (κ1) is 18.3. The zero-order valence-electron chi connectivity index (χ0n) is 14.8. The van der Waals surface area contributed by atoms with E-state index in [1.807, 2.05) is 37.3 Å². The number of aryl methyl sites for hydroxylation is 1. The summed E-state index contributed by atoms with van der Waals surface area (Å²) in [7, 11) is -3.50. The van der Waals surface area contributed by atoms with Crippen LogP contribution in [0.2, 0.25) is 0 Å². The Morgan fingerprint density at radius 3 is 2.42 bits per heavy atom. The normalized spacial score (nSPS) is 16.3. The molecule has 0 aliphatic carbocycles. The Morgan fingerprint density at radius 1 is 1.19 bits per heavy atom. The number of hydrogen-bond donors (Lipinski definition) is 0. The molecule has 26 heavy (non-hydrogen) atoms. The molecule has 1 saturated heterocycles. The van der Waals surface area contributed by atoms with Gasteiger partial charge in [0.1, 0.15) is 0 Å². The van der Waals surface area contributed by atoms with E-state index in [0.717, 1.165) is 11.8 Å². The minimum absolute atomic E-state index is 0.0249. The molecule has 0 saturated carbocycles. The third-order valence-electron chi connectivity index (χ3n) is 4.39. The van der Waals surface area contributed by atoms with Crippen molar-refractivity contribution < 1.29 is 17.6 Å². The van der Waals surface area contributed by atoms with E-state index in [9.17, 15) is 13.2 Å². The summed E-state index contributed by atoms with van der Waals surface area (Å²) in [5.74, 6) is 0.266. The SMILES string of the molecule is Cc1ccc(/C=C/C(=O)N2CCC(c3nnc(S(C)(=O)=O)o3)CC2)cc1. The van der Waals surface area contributed by atoms with E-state index < -0.39 is 9.84 Å². The first-order valence-corrected chi connectivity index (χ1v) is 10.3. The third kappa shape index (κ3) is 4.37. The van der Waals surface area contributed by atoms with Gasteiger partial charge in [0.05, 0.1) is 0 Å². The van der Waals surface area contributed by atoms with E-state index in [4.69, 9.17) is 4.42 Å². The fourth-order valence-corrected chi connectivity index (χ4v) is 3.26. The van der Waals surface area contributed by atoms with Gasteiger partial charge in [-0.15, -0.1) is 5.10 Å². The Hall–Kier alpha value is -2.48. The van der Waals surface area contributed by atoms with Crippen LogP contribution in [0.3, 0.4) is 0 Å². The molecule has 1 amide bonds. The number of nitrogens with zero attached hydrogens (tertiary/aromatic N) is 3. The maximum absolute atomic E-state index is 12.3. The molecule has 0 spiro atoms.